The molecule has 23 heavy (non-hydrogen) atoms. The van der Waals surface area contributed by atoms with Gasteiger partial charge in [0.05, 0.1) is 18.9 Å². The van der Waals surface area contributed by atoms with Crippen molar-refractivity contribution in [3.8, 4) is 0 Å². The van der Waals surface area contributed by atoms with Gasteiger partial charge in [-0.05, 0) is 17.7 Å². The maximum absolute atomic E-state index is 12.1. The van der Waals surface area contributed by atoms with Crippen molar-refractivity contribution in [2.24, 2.45) is 5.16 Å². The van der Waals surface area contributed by atoms with Crippen molar-refractivity contribution in [3.05, 3.63) is 34.9 Å². The van der Waals surface area contributed by atoms with E-state index in [9.17, 15) is 4.79 Å². The van der Waals surface area contributed by atoms with E-state index in [1.54, 1.807) is 12.1 Å². The van der Waals surface area contributed by atoms with Gasteiger partial charge >= 0.3 is 0 Å². The molecule has 1 unspecified atom stereocenters. The first-order valence-electron chi connectivity index (χ1n) is 7.79. The number of benzene rings is 1. The second kappa shape index (κ2) is 7.77. The summed E-state index contributed by atoms with van der Waals surface area (Å²) in [6, 6.07) is 7.36. The van der Waals surface area contributed by atoms with Crippen LogP contribution in [-0.2, 0) is 14.4 Å². The zero-order valence-corrected chi connectivity index (χ0v) is 13.6. The number of nitrogens with zero attached hydrogens (tertiary/aromatic N) is 2. The largest absolute Gasteiger partial charge is 0.382 e. The molecule has 0 spiro atoms. The van der Waals surface area contributed by atoms with Crippen molar-refractivity contribution in [1.29, 1.82) is 0 Å². The lowest BCUT2D eigenvalue weighted by atomic mass is 10.0. The number of carbonyl (C=O) groups excluding carboxylic acids is 1. The molecule has 2 aliphatic rings. The predicted octanol–water partition coefficient (Wildman–Crippen LogP) is 1.28. The Morgan fingerprint density at radius 2 is 2.04 bits per heavy atom. The van der Waals surface area contributed by atoms with E-state index >= 15 is 0 Å². The van der Waals surface area contributed by atoms with E-state index in [4.69, 9.17) is 21.2 Å². The number of amides is 1. The number of ether oxygens (including phenoxy) is 1. The summed E-state index contributed by atoms with van der Waals surface area (Å²) in [6.07, 6.45) is -0.0734. The van der Waals surface area contributed by atoms with Crippen molar-refractivity contribution in [2.45, 2.75) is 12.5 Å². The summed E-state index contributed by atoms with van der Waals surface area (Å²) >= 11 is 5.87. The number of carbonyl (C=O) groups is 1. The first-order valence-corrected chi connectivity index (χ1v) is 8.16. The van der Waals surface area contributed by atoms with Crippen LogP contribution in [0.25, 0.3) is 0 Å². The van der Waals surface area contributed by atoms with Gasteiger partial charge in [0.15, 0.2) is 0 Å². The van der Waals surface area contributed by atoms with Gasteiger partial charge in [0, 0.05) is 37.6 Å². The molecule has 0 bridgehead atoms. The second-order valence-corrected chi connectivity index (χ2v) is 6.02. The third-order valence-electron chi connectivity index (χ3n) is 3.97. The molecule has 1 N–H and O–H groups in total. The van der Waals surface area contributed by atoms with Crippen molar-refractivity contribution >= 4 is 23.2 Å². The third-order valence-corrected chi connectivity index (χ3v) is 4.22. The van der Waals surface area contributed by atoms with Gasteiger partial charge in [-0.2, -0.15) is 0 Å². The maximum atomic E-state index is 12.1. The Balaban J connectivity index is 1.42. The van der Waals surface area contributed by atoms with E-state index in [1.807, 2.05) is 12.1 Å². The number of halogens is 1. The van der Waals surface area contributed by atoms with Crippen LogP contribution in [-0.4, -0.2) is 62.0 Å². The molecule has 1 atom stereocenters. The van der Waals surface area contributed by atoms with Crippen molar-refractivity contribution in [1.82, 2.24) is 10.2 Å². The van der Waals surface area contributed by atoms with E-state index < -0.39 is 6.10 Å². The van der Waals surface area contributed by atoms with Crippen LogP contribution in [0.3, 0.4) is 0 Å². The lowest BCUT2D eigenvalue weighted by Crippen LogP contribution is -2.43. The monoisotopic (exact) mass is 337 g/mol. The molecule has 7 heteroatoms. The normalized spacial score (nSPS) is 21.6. The number of nitrogens with one attached hydrogen (secondary N) is 1. The SMILES string of the molecule is O=C(NCCN1CCOCC1)C1CC(c2ccc(Cl)cc2)=NO1. The summed E-state index contributed by atoms with van der Waals surface area (Å²) in [6.45, 7) is 4.79. The summed E-state index contributed by atoms with van der Waals surface area (Å²) in [5.74, 6) is -0.119. The summed E-state index contributed by atoms with van der Waals surface area (Å²) in [5.41, 5.74) is 1.70. The molecule has 1 fully saturated rings. The Labute approximate surface area is 140 Å². The number of morpholine rings is 1. The van der Waals surface area contributed by atoms with E-state index in [0.29, 0.717) is 18.0 Å². The lowest BCUT2D eigenvalue weighted by Gasteiger charge is -2.26. The summed E-state index contributed by atoms with van der Waals surface area (Å²) in [7, 11) is 0. The fourth-order valence-electron chi connectivity index (χ4n) is 2.61. The molecular formula is C16H20ClN3O3. The zero-order chi connectivity index (χ0) is 16.1. The van der Waals surface area contributed by atoms with E-state index in [0.717, 1.165) is 44.1 Å². The standard InChI is InChI=1S/C16H20ClN3O3/c17-13-3-1-12(2-4-13)14-11-15(23-19-14)16(21)18-5-6-20-7-9-22-10-8-20/h1-4,15H,5-11H2,(H,18,21). The van der Waals surface area contributed by atoms with Crippen molar-refractivity contribution in [2.75, 3.05) is 39.4 Å². The van der Waals surface area contributed by atoms with Gasteiger partial charge in [-0.1, -0.05) is 28.9 Å². The molecule has 6 nitrogen and oxygen atoms in total. The zero-order valence-electron chi connectivity index (χ0n) is 12.8. The van der Waals surface area contributed by atoms with Crippen LogP contribution < -0.4 is 5.32 Å². The molecule has 1 aromatic carbocycles. The van der Waals surface area contributed by atoms with Gasteiger partial charge < -0.3 is 14.9 Å². The van der Waals surface area contributed by atoms with Crippen molar-refractivity contribution in [3.63, 3.8) is 0 Å². The average molecular weight is 338 g/mol. The van der Waals surface area contributed by atoms with Gasteiger partial charge in [-0.15, -0.1) is 0 Å². The molecular weight excluding hydrogens is 318 g/mol. The molecule has 1 amide bonds. The van der Waals surface area contributed by atoms with Crippen LogP contribution in [0.4, 0.5) is 0 Å². The van der Waals surface area contributed by atoms with E-state index in [-0.39, 0.29) is 5.91 Å². The Bertz CT molecular complexity index is 570. The molecule has 1 aromatic rings. The van der Waals surface area contributed by atoms with Gasteiger partial charge in [0.2, 0.25) is 6.10 Å². The Kier molecular flexibility index (Phi) is 5.48. The first kappa shape index (κ1) is 16.2. The highest BCUT2D eigenvalue weighted by molar-refractivity contribution is 6.30. The minimum Gasteiger partial charge on any atom is -0.382 e. The summed E-state index contributed by atoms with van der Waals surface area (Å²) in [4.78, 5) is 19.7. The highest BCUT2D eigenvalue weighted by Crippen LogP contribution is 2.18. The van der Waals surface area contributed by atoms with Gasteiger partial charge in [-0.3, -0.25) is 9.69 Å². The Morgan fingerprint density at radius 3 is 2.78 bits per heavy atom. The van der Waals surface area contributed by atoms with E-state index in [2.05, 4.69) is 15.4 Å². The smallest absolute Gasteiger partial charge is 0.264 e. The molecule has 2 heterocycles. The van der Waals surface area contributed by atoms with Crippen LogP contribution in [0.2, 0.25) is 5.02 Å². The number of rotatable bonds is 5. The summed E-state index contributed by atoms with van der Waals surface area (Å²) in [5, 5.41) is 7.61. The number of hydrogen-bond donors (Lipinski definition) is 1. The maximum Gasteiger partial charge on any atom is 0.264 e. The lowest BCUT2D eigenvalue weighted by molar-refractivity contribution is -0.131. The van der Waals surface area contributed by atoms with Gasteiger partial charge in [0.1, 0.15) is 0 Å². The van der Waals surface area contributed by atoms with Crippen LogP contribution in [0.5, 0.6) is 0 Å². The molecule has 2 aliphatic heterocycles. The van der Waals surface area contributed by atoms with Crippen LogP contribution in [0.1, 0.15) is 12.0 Å². The van der Waals surface area contributed by atoms with Crippen LogP contribution >= 0.6 is 11.6 Å². The summed E-state index contributed by atoms with van der Waals surface area (Å²) < 4.78 is 5.30. The highest BCUT2D eigenvalue weighted by atomic mass is 35.5. The fraction of sp³-hybridized carbons (Fsp3) is 0.500. The minimum absolute atomic E-state index is 0.119. The van der Waals surface area contributed by atoms with Crippen molar-refractivity contribution < 1.29 is 14.4 Å². The number of oxime groups is 1. The molecule has 0 saturated carbocycles. The minimum atomic E-state index is -0.551. The highest BCUT2D eigenvalue weighted by Gasteiger charge is 2.28. The van der Waals surface area contributed by atoms with Gasteiger partial charge in [0.25, 0.3) is 5.91 Å². The quantitative estimate of drug-likeness (QED) is 0.879. The van der Waals surface area contributed by atoms with E-state index in [1.165, 1.54) is 0 Å². The van der Waals surface area contributed by atoms with Gasteiger partial charge in [-0.25, -0.2) is 0 Å². The van der Waals surface area contributed by atoms with Crippen LogP contribution in [0, 0.1) is 0 Å². The fourth-order valence-corrected chi connectivity index (χ4v) is 2.73. The molecule has 0 aliphatic carbocycles. The Hall–Kier alpha value is -1.63. The molecule has 124 valence electrons. The molecule has 1 saturated heterocycles. The Morgan fingerprint density at radius 1 is 1.30 bits per heavy atom. The predicted molar refractivity (Wildman–Crippen MR) is 87.7 cm³/mol. The first-order chi connectivity index (χ1) is 11.2. The second-order valence-electron chi connectivity index (χ2n) is 5.59. The number of hydrogen-bond acceptors (Lipinski definition) is 5. The molecule has 0 aromatic heterocycles. The topological polar surface area (TPSA) is 63.2 Å². The van der Waals surface area contributed by atoms with Crippen LogP contribution in [0.15, 0.2) is 29.4 Å². The average Bonchev–Trinajstić information content (AvgIpc) is 3.06. The molecule has 3 rings (SSSR count). The third kappa shape index (κ3) is 4.43. The molecule has 0 radical (unpaired) electrons.